The van der Waals surface area contributed by atoms with Gasteiger partial charge >= 0.3 is 0 Å². The predicted molar refractivity (Wildman–Crippen MR) is 77.2 cm³/mol. The van der Waals surface area contributed by atoms with Gasteiger partial charge in [-0.25, -0.2) is 0 Å². The summed E-state index contributed by atoms with van der Waals surface area (Å²) in [6.45, 7) is 12.2. The number of Topliss-reactive ketones (excluding diaryl/α,β-unsaturated/α-hetero) is 1. The van der Waals surface area contributed by atoms with Crippen molar-refractivity contribution in [3.63, 3.8) is 0 Å². The Balaban J connectivity index is 2.02. The highest BCUT2D eigenvalue weighted by atomic mass is 16.7. The molecular formula is C17H26O3. The third-order valence-corrected chi connectivity index (χ3v) is 6.01. The molecule has 1 spiro atoms. The molecule has 0 radical (unpaired) electrons. The Bertz CT molecular complexity index is 434. The van der Waals surface area contributed by atoms with Crippen molar-refractivity contribution < 1.29 is 14.3 Å². The van der Waals surface area contributed by atoms with Crippen LogP contribution in [0, 0.1) is 23.2 Å². The van der Waals surface area contributed by atoms with Gasteiger partial charge in [0, 0.05) is 18.8 Å². The molecule has 0 aromatic heterocycles. The molecule has 112 valence electrons. The lowest BCUT2D eigenvalue weighted by Gasteiger charge is -2.39. The van der Waals surface area contributed by atoms with Crippen LogP contribution in [0.3, 0.4) is 0 Å². The summed E-state index contributed by atoms with van der Waals surface area (Å²) < 4.78 is 12.1. The van der Waals surface area contributed by atoms with Crippen LogP contribution in [0.25, 0.3) is 0 Å². The number of hydrogen-bond acceptors (Lipinski definition) is 3. The number of carbonyl (C=O) groups excluding carboxylic acids is 1. The molecule has 0 aromatic rings. The van der Waals surface area contributed by atoms with Gasteiger partial charge in [0.05, 0.1) is 13.2 Å². The van der Waals surface area contributed by atoms with Gasteiger partial charge in [0.15, 0.2) is 11.6 Å². The lowest BCUT2D eigenvalue weighted by Crippen LogP contribution is -2.41. The third kappa shape index (κ3) is 1.90. The standard InChI is InChI=1S/C17H26O3/c1-11(2)13-10-17(19-7-8-20-17)15-9-14(18)12(3)5-6-16(13,15)4/h11,13,15H,3,5-10H2,1-2,4H3/t13-,15+,16-/m1/s1. The van der Waals surface area contributed by atoms with Crippen LogP contribution in [0.15, 0.2) is 12.2 Å². The van der Waals surface area contributed by atoms with Crippen molar-refractivity contribution in [1.29, 1.82) is 0 Å². The minimum absolute atomic E-state index is 0.119. The van der Waals surface area contributed by atoms with Gasteiger partial charge in [0.1, 0.15) is 0 Å². The normalized spacial score (nSPS) is 40.4. The van der Waals surface area contributed by atoms with Crippen molar-refractivity contribution in [2.75, 3.05) is 13.2 Å². The SMILES string of the molecule is C=C1CC[C@]2(C)[C@@H](C(C)C)CC3(OCCO3)[C@H]2CC1=O. The first kappa shape index (κ1) is 14.3. The summed E-state index contributed by atoms with van der Waals surface area (Å²) >= 11 is 0. The summed E-state index contributed by atoms with van der Waals surface area (Å²) in [6, 6.07) is 0. The second-order valence-electron chi connectivity index (χ2n) is 7.35. The summed E-state index contributed by atoms with van der Waals surface area (Å²) in [4.78, 5) is 12.3. The highest BCUT2D eigenvalue weighted by molar-refractivity contribution is 5.95. The highest BCUT2D eigenvalue weighted by Gasteiger charge is 2.64. The smallest absolute Gasteiger partial charge is 0.172 e. The molecule has 0 bridgehead atoms. The fourth-order valence-electron chi connectivity index (χ4n) is 4.87. The highest BCUT2D eigenvalue weighted by Crippen LogP contribution is 2.62. The van der Waals surface area contributed by atoms with Crippen LogP contribution in [0.4, 0.5) is 0 Å². The summed E-state index contributed by atoms with van der Waals surface area (Å²) in [5.74, 6) is 1.00. The summed E-state index contributed by atoms with van der Waals surface area (Å²) in [5.41, 5.74) is 0.907. The Morgan fingerprint density at radius 3 is 2.55 bits per heavy atom. The molecule has 3 atom stereocenters. The zero-order valence-corrected chi connectivity index (χ0v) is 12.9. The monoisotopic (exact) mass is 278 g/mol. The lowest BCUT2D eigenvalue weighted by molar-refractivity contribution is -0.194. The third-order valence-electron chi connectivity index (χ3n) is 6.01. The largest absolute Gasteiger partial charge is 0.347 e. The fourth-order valence-corrected chi connectivity index (χ4v) is 4.87. The van der Waals surface area contributed by atoms with E-state index < -0.39 is 5.79 Å². The molecule has 3 nitrogen and oxygen atoms in total. The molecule has 0 unspecified atom stereocenters. The van der Waals surface area contributed by atoms with Crippen LogP contribution in [0.2, 0.25) is 0 Å². The molecule has 1 saturated heterocycles. The minimum atomic E-state index is -0.510. The average molecular weight is 278 g/mol. The van der Waals surface area contributed by atoms with Gasteiger partial charge in [0.25, 0.3) is 0 Å². The molecule has 0 N–H and O–H groups in total. The predicted octanol–water partition coefficient (Wildman–Crippen LogP) is 3.34. The maximum atomic E-state index is 12.3. The molecule has 1 heterocycles. The number of ether oxygens (including phenoxy) is 2. The van der Waals surface area contributed by atoms with Gasteiger partial charge in [-0.3, -0.25) is 4.79 Å². The quantitative estimate of drug-likeness (QED) is 0.690. The fraction of sp³-hybridized carbons (Fsp3) is 0.824. The zero-order chi connectivity index (χ0) is 14.5. The molecule has 0 amide bonds. The molecule has 1 aliphatic heterocycles. The van der Waals surface area contributed by atoms with E-state index in [2.05, 4.69) is 27.4 Å². The van der Waals surface area contributed by atoms with Crippen LogP contribution in [0.5, 0.6) is 0 Å². The van der Waals surface area contributed by atoms with E-state index in [1.54, 1.807) is 0 Å². The Hall–Kier alpha value is -0.670. The van der Waals surface area contributed by atoms with Crippen molar-refractivity contribution in [2.24, 2.45) is 23.2 Å². The van der Waals surface area contributed by atoms with Crippen LogP contribution < -0.4 is 0 Å². The van der Waals surface area contributed by atoms with E-state index in [-0.39, 0.29) is 17.1 Å². The van der Waals surface area contributed by atoms with E-state index in [4.69, 9.17) is 9.47 Å². The van der Waals surface area contributed by atoms with E-state index in [0.717, 1.165) is 24.8 Å². The van der Waals surface area contributed by atoms with Crippen LogP contribution in [0.1, 0.15) is 46.5 Å². The molecule has 3 fully saturated rings. The first-order valence-corrected chi connectivity index (χ1v) is 7.88. The first-order chi connectivity index (χ1) is 9.39. The van der Waals surface area contributed by atoms with Gasteiger partial charge in [-0.15, -0.1) is 0 Å². The van der Waals surface area contributed by atoms with Gasteiger partial charge in [0.2, 0.25) is 0 Å². The molecule has 2 aliphatic carbocycles. The van der Waals surface area contributed by atoms with Crippen molar-refractivity contribution in [3.05, 3.63) is 12.2 Å². The molecule has 3 rings (SSSR count). The number of hydrogen-bond donors (Lipinski definition) is 0. The second kappa shape index (κ2) is 4.67. The van der Waals surface area contributed by atoms with Crippen LogP contribution in [-0.4, -0.2) is 24.8 Å². The van der Waals surface area contributed by atoms with Crippen molar-refractivity contribution in [3.8, 4) is 0 Å². The van der Waals surface area contributed by atoms with E-state index in [9.17, 15) is 4.79 Å². The molecule has 0 aromatic carbocycles. The topological polar surface area (TPSA) is 35.5 Å². The van der Waals surface area contributed by atoms with Crippen LogP contribution >= 0.6 is 0 Å². The van der Waals surface area contributed by atoms with Gasteiger partial charge in [-0.1, -0.05) is 27.4 Å². The molecular weight excluding hydrogens is 252 g/mol. The van der Waals surface area contributed by atoms with E-state index >= 15 is 0 Å². The van der Waals surface area contributed by atoms with Crippen LogP contribution in [-0.2, 0) is 14.3 Å². The number of rotatable bonds is 1. The Morgan fingerprint density at radius 2 is 1.95 bits per heavy atom. The van der Waals surface area contributed by atoms with Crippen molar-refractivity contribution in [2.45, 2.75) is 52.2 Å². The Kier molecular flexibility index (Phi) is 3.33. The first-order valence-electron chi connectivity index (χ1n) is 7.88. The number of carbonyl (C=O) groups is 1. The van der Waals surface area contributed by atoms with Gasteiger partial charge < -0.3 is 9.47 Å². The maximum absolute atomic E-state index is 12.3. The van der Waals surface area contributed by atoms with E-state index in [1.165, 1.54) is 0 Å². The van der Waals surface area contributed by atoms with Crippen molar-refractivity contribution in [1.82, 2.24) is 0 Å². The Labute approximate surface area is 121 Å². The number of fused-ring (bicyclic) bond motifs is 2. The number of allylic oxidation sites excluding steroid dienone is 1. The maximum Gasteiger partial charge on any atom is 0.172 e. The summed E-state index contributed by atoms with van der Waals surface area (Å²) in [6.07, 6.45) is 3.33. The molecule has 3 heteroatoms. The second-order valence-corrected chi connectivity index (χ2v) is 7.35. The Morgan fingerprint density at radius 1 is 1.30 bits per heavy atom. The summed E-state index contributed by atoms with van der Waals surface area (Å²) in [5, 5.41) is 0. The van der Waals surface area contributed by atoms with Gasteiger partial charge in [-0.05, 0) is 35.7 Å². The average Bonchev–Trinajstić information content (AvgIpc) is 2.92. The van der Waals surface area contributed by atoms with Gasteiger partial charge in [-0.2, -0.15) is 0 Å². The minimum Gasteiger partial charge on any atom is -0.347 e. The number of ketones is 1. The van der Waals surface area contributed by atoms with Crippen molar-refractivity contribution >= 4 is 5.78 Å². The molecule has 2 saturated carbocycles. The molecule has 3 aliphatic rings. The summed E-state index contributed by atoms with van der Waals surface area (Å²) in [7, 11) is 0. The van der Waals surface area contributed by atoms with E-state index in [1.807, 2.05) is 0 Å². The molecule has 20 heavy (non-hydrogen) atoms. The lowest BCUT2D eigenvalue weighted by atomic mass is 9.67. The zero-order valence-electron chi connectivity index (χ0n) is 12.9. The van der Waals surface area contributed by atoms with E-state index in [0.29, 0.717) is 31.5 Å².